The summed E-state index contributed by atoms with van der Waals surface area (Å²) in [6.07, 6.45) is 2.75. The molecule has 0 aliphatic carbocycles. The zero-order valence-corrected chi connectivity index (χ0v) is 15.4. The molecule has 1 amide bonds. The Balaban J connectivity index is 1.66. The van der Waals surface area contributed by atoms with Crippen LogP contribution in [0.1, 0.15) is 30.9 Å². The minimum absolute atomic E-state index is 0.0319. The minimum Gasteiger partial charge on any atom is -0.393 e. The van der Waals surface area contributed by atoms with Crippen molar-refractivity contribution in [2.24, 2.45) is 0 Å². The van der Waals surface area contributed by atoms with Crippen LogP contribution >= 0.6 is 0 Å². The standard InChI is InChI=1S/C20H30N2O3/c1-16-5-3-4-6-18(16)13-20(15-23)14-22(11-12-25-20)19-7-9-21(10-8-19)17(2)24/h3-6,19,23H,7-15H2,1-2H3. The number of benzene rings is 1. The molecule has 0 saturated carbocycles. The van der Waals surface area contributed by atoms with Gasteiger partial charge in [-0.25, -0.2) is 0 Å². The number of hydrogen-bond acceptors (Lipinski definition) is 4. The van der Waals surface area contributed by atoms with Crippen molar-refractivity contribution < 1.29 is 14.6 Å². The van der Waals surface area contributed by atoms with Crippen LogP contribution in [0.5, 0.6) is 0 Å². The van der Waals surface area contributed by atoms with Gasteiger partial charge in [-0.15, -0.1) is 0 Å². The molecule has 5 nitrogen and oxygen atoms in total. The van der Waals surface area contributed by atoms with Crippen LogP contribution in [0, 0.1) is 6.92 Å². The van der Waals surface area contributed by atoms with Gasteiger partial charge in [0.25, 0.3) is 0 Å². The van der Waals surface area contributed by atoms with Crippen molar-refractivity contribution in [2.45, 2.75) is 44.8 Å². The first-order valence-electron chi connectivity index (χ1n) is 9.32. The zero-order chi connectivity index (χ0) is 17.9. The Bertz CT molecular complexity index is 598. The number of aryl methyl sites for hydroxylation is 1. The summed E-state index contributed by atoms with van der Waals surface area (Å²) in [4.78, 5) is 15.9. The fourth-order valence-electron chi connectivity index (χ4n) is 4.15. The zero-order valence-electron chi connectivity index (χ0n) is 15.4. The molecule has 1 atom stereocenters. The second-order valence-corrected chi connectivity index (χ2v) is 7.50. The Morgan fingerprint density at radius 3 is 2.64 bits per heavy atom. The lowest BCUT2D eigenvalue weighted by Gasteiger charge is -2.47. The average molecular weight is 346 g/mol. The summed E-state index contributed by atoms with van der Waals surface area (Å²) in [7, 11) is 0. The number of ether oxygens (including phenoxy) is 1. The lowest BCUT2D eigenvalue weighted by atomic mass is 9.89. The molecule has 0 spiro atoms. The molecular weight excluding hydrogens is 316 g/mol. The molecule has 2 saturated heterocycles. The van der Waals surface area contributed by atoms with Crippen molar-refractivity contribution in [1.29, 1.82) is 0 Å². The number of piperidine rings is 1. The van der Waals surface area contributed by atoms with Crippen molar-refractivity contribution >= 4 is 5.91 Å². The van der Waals surface area contributed by atoms with E-state index in [2.05, 4.69) is 24.0 Å². The number of hydrogen-bond donors (Lipinski definition) is 1. The quantitative estimate of drug-likeness (QED) is 0.900. The van der Waals surface area contributed by atoms with Gasteiger partial charge in [-0.3, -0.25) is 9.69 Å². The van der Waals surface area contributed by atoms with E-state index >= 15 is 0 Å². The largest absolute Gasteiger partial charge is 0.393 e. The fraction of sp³-hybridized carbons (Fsp3) is 0.650. The monoisotopic (exact) mass is 346 g/mol. The van der Waals surface area contributed by atoms with Crippen LogP contribution in [-0.4, -0.2) is 71.8 Å². The van der Waals surface area contributed by atoms with E-state index in [1.54, 1.807) is 6.92 Å². The number of rotatable bonds is 4. The van der Waals surface area contributed by atoms with E-state index in [-0.39, 0.29) is 12.5 Å². The molecule has 3 rings (SSSR count). The van der Waals surface area contributed by atoms with Crippen molar-refractivity contribution in [2.75, 3.05) is 39.4 Å². The van der Waals surface area contributed by atoms with Gasteiger partial charge in [0.1, 0.15) is 5.60 Å². The Morgan fingerprint density at radius 1 is 1.28 bits per heavy atom. The predicted molar refractivity (Wildman–Crippen MR) is 97.5 cm³/mol. The highest BCUT2D eigenvalue weighted by Gasteiger charge is 2.39. The maximum atomic E-state index is 11.5. The summed E-state index contributed by atoms with van der Waals surface area (Å²) in [5, 5.41) is 10.1. The van der Waals surface area contributed by atoms with E-state index in [0.29, 0.717) is 12.6 Å². The topological polar surface area (TPSA) is 53.0 Å². The molecule has 1 aromatic rings. The van der Waals surface area contributed by atoms with E-state index in [9.17, 15) is 9.90 Å². The number of aliphatic hydroxyl groups excluding tert-OH is 1. The van der Waals surface area contributed by atoms with Gasteiger partial charge in [0.05, 0.1) is 13.2 Å². The highest BCUT2D eigenvalue weighted by atomic mass is 16.5. The Hall–Kier alpha value is -1.43. The predicted octanol–water partition coefficient (Wildman–Crippen LogP) is 1.61. The molecule has 138 valence electrons. The van der Waals surface area contributed by atoms with Crippen LogP contribution in [-0.2, 0) is 16.0 Å². The Morgan fingerprint density at radius 2 is 2.00 bits per heavy atom. The highest BCUT2D eigenvalue weighted by molar-refractivity contribution is 5.73. The number of aliphatic hydroxyl groups is 1. The molecule has 0 radical (unpaired) electrons. The summed E-state index contributed by atoms with van der Waals surface area (Å²) in [6, 6.07) is 8.80. The Kier molecular flexibility index (Phi) is 5.77. The highest BCUT2D eigenvalue weighted by Crippen LogP contribution is 2.28. The van der Waals surface area contributed by atoms with Crippen molar-refractivity contribution in [3.63, 3.8) is 0 Å². The number of morpholine rings is 1. The van der Waals surface area contributed by atoms with Crippen molar-refractivity contribution in [3.8, 4) is 0 Å². The maximum Gasteiger partial charge on any atom is 0.219 e. The molecular formula is C20H30N2O3. The van der Waals surface area contributed by atoms with Gasteiger partial charge in [0.15, 0.2) is 0 Å². The smallest absolute Gasteiger partial charge is 0.219 e. The molecule has 1 unspecified atom stereocenters. The molecule has 2 aliphatic rings. The molecule has 2 fully saturated rings. The first-order chi connectivity index (χ1) is 12.0. The van der Waals surface area contributed by atoms with Crippen molar-refractivity contribution in [1.82, 2.24) is 9.80 Å². The van der Waals surface area contributed by atoms with Gasteiger partial charge in [0, 0.05) is 45.6 Å². The van der Waals surface area contributed by atoms with Crippen LogP contribution in [0.15, 0.2) is 24.3 Å². The summed E-state index contributed by atoms with van der Waals surface area (Å²) < 4.78 is 6.10. The van der Waals surface area contributed by atoms with Crippen LogP contribution in [0.4, 0.5) is 0 Å². The van der Waals surface area contributed by atoms with E-state index in [4.69, 9.17) is 4.74 Å². The molecule has 1 N–H and O–H groups in total. The van der Waals surface area contributed by atoms with Gasteiger partial charge < -0.3 is 14.7 Å². The molecule has 25 heavy (non-hydrogen) atoms. The second kappa shape index (κ2) is 7.85. The van der Waals surface area contributed by atoms with Crippen LogP contribution < -0.4 is 0 Å². The first-order valence-corrected chi connectivity index (χ1v) is 9.32. The first kappa shape index (κ1) is 18.4. The normalized spacial score (nSPS) is 26.0. The number of amides is 1. The van der Waals surface area contributed by atoms with E-state index < -0.39 is 5.60 Å². The van der Waals surface area contributed by atoms with Gasteiger partial charge >= 0.3 is 0 Å². The maximum absolute atomic E-state index is 11.5. The van der Waals surface area contributed by atoms with Gasteiger partial charge in [-0.2, -0.15) is 0 Å². The molecule has 2 heterocycles. The van der Waals surface area contributed by atoms with E-state index in [0.717, 1.165) is 45.4 Å². The van der Waals surface area contributed by atoms with E-state index in [1.165, 1.54) is 11.1 Å². The third kappa shape index (κ3) is 4.22. The summed E-state index contributed by atoms with van der Waals surface area (Å²) in [6.45, 7) is 7.77. The van der Waals surface area contributed by atoms with Crippen LogP contribution in [0.2, 0.25) is 0 Å². The second-order valence-electron chi connectivity index (χ2n) is 7.50. The fourth-order valence-corrected chi connectivity index (χ4v) is 4.15. The lowest BCUT2D eigenvalue weighted by molar-refractivity contribution is -0.146. The molecule has 0 aromatic heterocycles. The number of carbonyl (C=O) groups excluding carboxylic acids is 1. The molecule has 1 aromatic carbocycles. The average Bonchev–Trinajstić information content (AvgIpc) is 2.64. The number of likely N-dealkylation sites (tertiary alicyclic amines) is 1. The molecule has 2 aliphatic heterocycles. The summed E-state index contributed by atoms with van der Waals surface area (Å²) in [5.41, 5.74) is 1.96. The third-order valence-corrected chi connectivity index (χ3v) is 5.77. The minimum atomic E-state index is -0.526. The summed E-state index contributed by atoms with van der Waals surface area (Å²) in [5.74, 6) is 0.171. The van der Waals surface area contributed by atoms with Gasteiger partial charge in [0.2, 0.25) is 5.91 Å². The van der Waals surface area contributed by atoms with Crippen LogP contribution in [0.3, 0.4) is 0 Å². The van der Waals surface area contributed by atoms with Crippen LogP contribution in [0.25, 0.3) is 0 Å². The Labute approximate surface area is 150 Å². The van der Waals surface area contributed by atoms with E-state index in [1.807, 2.05) is 17.0 Å². The molecule has 0 bridgehead atoms. The van der Waals surface area contributed by atoms with Gasteiger partial charge in [-0.1, -0.05) is 24.3 Å². The summed E-state index contributed by atoms with van der Waals surface area (Å²) >= 11 is 0. The molecule has 5 heteroatoms. The SMILES string of the molecule is CC(=O)N1CCC(N2CCOC(CO)(Cc3ccccc3C)C2)CC1. The van der Waals surface area contributed by atoms with Crippen molar-refractivity contribution in [3.05, 3.63) is 35.4 Å². The van der Waals surface area contributed by atoms with Gasteiger partial charge in [-0.05, 0) is 30.9 Å². The number of carbonyl (C=O) groups is 1. The lowest BCUT2D eigenvalue weighted by Crippen LogP contribution is -2.59. The number of nitrogens with zero attached hydrogens (tertiary/aromatic N) is 2. The third-order valence-electron chi connectivity index (χ3n) is 5.77.